The third-order valence-corrected chi connectivity index (χ3v) is 2.33. The maximum Gasteiger partial charge on any atom is 0.119 e. The largest absolute Gasteiger partial charge is 0.491 e. The average molecular weight is 239 g/mol. The van der Waals surface area contributed by atoms with Crippen LogP contribution in [0.5, 0.6) is 5.75 Å². The van der Waals surface area contributed by atoms with Gasteiger partial charge in [-0.2, -0.15) is 0 Å². The van der Waals surface area contributed by atoms with Gasteiger partial charge in [0.1, 0.15) is 18.5 Å². The highest BCUT2D eigenvalue weighted by Crippen LogP contribution is 2.12. The van der Waals surface area contributed by atoms with Crippen LogP contribution in [0.3, 0.4) is 0 Å². The Hall–Kier alpha value is -1.10. The fourth-order valence-corrected chi connectivity index (χ4v) is 1.36. The summed E-state index contributed by atoms with van der Waals surface area (Å²) in [6, 6.07) is 7.72. The first-order valence-corrected chi connectivity index (χ1v) is 5.97. The molecule has 0 amide bonds. The highest BCUT2D eigenvalue weighted by molar-refractivity contribution is 5.27. The molecule has 1 aromatic rings. The number of hydrogen-bond acceptors (Lipinski definition) is 4. The van der Waals surface area contributed by atoms with E-state index < -0.39 is 6.10 Å². The number of aliphatic hydroxyl groups is 2. The average Bonchev–Trinajstić information content (AvgIpc) is 2.37. The minimum Gasteiger partial charge on any atom is -0.491 e. The molecule has 0 saturated heterocycles. The van der Waals surface area contributed by atoms with Gasteiger partial charge in [-0.3, -0.25) is 0 Å². The molecule has 0 aliphatic rings. The molecule has 3 N–H and O–H groups in total. The molecule has 1 rings (SSSR count). The summed E-state index contributed by atoms with van der Waals surface area (Å²) in [5, 5.41) is 21.1. The summed E-state index contributed by atoms with van der Waals surface area (Å²) in [7, 11) is 0. The number of ether oxygens (including phenoxy) is 1. The summed E-state index contributed by atoms with van der Waals surface area (Å²) in [6.45, 7) is 3.84. The van der Waals surface area contributed by atoms with Gasteiger partial charge in [0.05, 0.1) is 6.61 Å². The Labute approximate surface area is 102 Å². The van der Waals surface area contributed by atoms with Crippen molar-refractivity contribution in [1.29, 1.82) is 0 Å². The van der Waals surface area contributed by atoms with Crippen LogP contribution in [0.4, 0.5) is 0 Å². The van der Waals surface area contributed by atoms with E-state index in [1.54, 1.807) is 0 Å². The summed E-state index contributed by atoms with van der Waals surface area (Å²) in [5.74, 6) is 0.705. The molecule has 1 aromatic carbocycles. The molecule has 0 aliphatic heterocycles. The molecule has 0 radical (unpaired) electrons. The second-order valence-corrected chi connectivity index (χ2v) is 3.97. The van der Waals surface area contributed by atoms with Crippen LogP contribution in [0.1, 0.15) is 18.9 Å². The van der Waals surface area contributed by atoms with E-state index in [1.807, 2.05) is 24.3 Å². The van der Waals surface area contributed by atoms with Crippen molar-refractivity contribution < 1.29 is 14.9 Å². The molecular weight excluding hydrogens is 218 g/mol. The lowest BCUT2D eigenvalue weighted by atomic mass is 10.2. The minimum atomic E-state index is -0.819. The molecule has 0 heterocycles. The number of hydrogen-bond donors (Lipinski definition) is 3. The number of rotatable bonds is 8. The third kappa shape index (κ3) is 5.68. The first-order chi connectivity index (χ1) is 8.26. The standard InChI is InChI=1S/C13H21NO3/c1-2-7-14-8-11-3-5-13(6-4-11)17-10-12(16)9-15/h3-6,12,14-16H,2,7-10H2,1H3. The van der Waals surface area contributed by atoms with Gasteiger partial charge in [0.2, 0.25) is 0 Å². The van der Waals surface area contributed by atoms with Crippen LogP contribution in [-0.2, 0) is 6.54 Å². The number of nitrogens with one attached hydrogen (secondary N) is 1. The zero-order valence-corrected chi connectivity index (χ0v) is 10.2. The van der Waals surface area contributed by atoms with Crippen LogP contribution in [0.15, 0.2) is 24.3 Å². The third-order valence-electron chi connectivity index (χ3n) is 2.33. The molecule has 0 aliphatic carbocycles. The zero-order valence-electron chi connectivity index (χ0n) is 10.2. The van der Waals surface area contributed by atoms with Crippen LogP contribution >= 0.6 is 0 Å². The first kappa shape index (κ1) is 14.0. The molecule has 96 valence electrons. The Balaban J connectivity index is 2.34. The van der Waals surface area contributed by atoms with E-state index in [0.29, 0.717) is 5.75 Å². The van der Waals surface area contributed by atoms with E-state index in [9.17, 15) is 0 Å². The molecule has 4 heteroatoms. The molecule has 4 nitrogen and oxygen atoms in total. The summed E-state index contributed by atoms with van der Waals surface area (Å²) in [6.07, 6.45) is 0.307. The van der Waals surface area contributed by atoms with Crippen molar-refractivity contribution in [2.75, 3.05) is 19.8 Å². The second-order valence-electron chi connectivity index (χ2n) is 3.97. The fraction of sp³-hybridized carbons (Fsp3) is 0.538. The predicted molar refractivity (Wildman–Crippen MR) is 67.0 cm³/mol. The van der Waals surface area contributed by atoms with Gasteiger partial charge in [-0.1, -0.05) is 19.1 Å². The Kier molecular flexibility index (Phi) is 6.62. The van der Waals surface area contributed by atoms with E-state index in [4.69, 9.17) is 14.9 Å². The van der Waals surface area contributed by atoms with Crippen molar-refractivity contribution in [1.82, 2.24) is 5.32 Å². The van der Waals surface area contributed by atoms with Crippen molar-refractivity contribution in [3.63, 3.8) is 0 Å². The Morgan fingerprint density at radius 2 is 2.00 bits per heavy atom. The zero-order chi connectivity index (χ0) is 12.5. The Bertz CT molecular complexity index is 300. The summed E-state index contributed by atoms with van der Waals surface area (Å²) < 4.78 is 5.31. The molecule has 0 saturated carbocycles. The van der Waals surface area contributed by atoms with Crippen molar-refractivity contribution in [2.45, 2.75) is 26.0 Å². The van der Waals surface area contributed by atoms with Gasteiger partial charge in [0.25, 0.3) is 0 Å². The van der Waals surface area contributed by atoms with E-state index >= 15 is 0 Å². The molecule has 1 unspecified atom stereocenters. The van der Waals surface area contributed by atoms with Gasteiger partial charge in [0, 0.05) is 6.54 Å². The first-order valence-electron chi connectivity index (χ1n) is 5.97. The van der Waals surface area contributed by atoms with Gasteiger partial charge in [-0.25, -0.2) is 0 Å². The van der Waals surface area contributed by atoms with Crippen molar-refractivity contribution in [3.8, 4) is 5.75 Å². The minimum absolute atomic E-state index is 0.115. The molecule has 0 fully saturated rings. The van der Waals surface area contributed by atoms with E-state index in [0.717, 1.165) is 19.5 Å². The normalized spacial score (nSPS) is 12.4. The van der Waals surface area contributed by atoms with Crippen molar-refractivity contribution >= 4 is 0 Å². The number of aliphatic hydroxyl groups excluding tert-OH is 2. The van der Waals surface area contributed by atoms with Gasteiger partial charge >= 0.3 is 0 Å². The number of benzene rings is 1. The molecular formula is C13H21NO3. The summed E-state index contributed by atoms with van der Waals surface area (Å²) >= 11 is 0. The van der Waals surface area contributed by atoms with Crippen LogP contribution in [0.2, 0.25) is 0 Å². The van der Waals surface area contributed by atoms with E-state index in [2.05, 4.69) is 12.2 Å². The van der Waals surface area contributed by atoms with Crippen molar-refractivity contribution in [2.24, 2.45) is 0 Å². The van der Waals surface area contributed by atoms with Gasteiger partial charge in [-0.05, 0) is 30.7 Å². The maximum atomic E-state index is 9.13. The maximum absolute atomic E-state index is 9.13. The lowest BCUT2D eigenvalue weighted by molar-refractivity contribution is 0.0536. The predicted octanol–water partition coefficient (Wildman–Crippen LogP) is 0.918. The smallest absolute Gasteiger partial charge is 0.119 e. The molecule has 0 bridgehead atoms. The topological polar surface area (TPSA) is 61.7 Å². The van der Waals surface area contributed by atoms with E-state index in [-0.39, 0.29) is 13.2 Å². The van der Waals surface area contributed by atoms with Gasteiger partial charge in [-0.15, -0.1) is 0 Å². The molecule has 1 atom stereocenters. The van der Waals surface area contributed by atoms with Gasteiger partial charge in [0.15, 0.2) is 0 Å². The van der Waals surface area contributed by atoms with Crippen molar-refractivity contribution in [3.05, 3.63) is 29.8 Å². The lowest BCUT2D eigenvalue weighted by Gasteiger charge is -2.10. The Morgan fingerprint density at radius 1 is 1.29 bits per heavy atom. The molecule has 0 aromatic heterocycles. The van der Waals surface area contributed by atoms with Crippen LogP contribution in [-0.4, -0.2) is 36.1 Å². The second kappa shape index (κ2) is 8.06. The van der Waals surface area contributed by atoms with Crippen LogP contribution in [0, 0.1) is 0 Å². The van der Waals surface area contributed by atoms with Gasteiger partial charge < -0.3 is 20.3 Å². The lowest BCUT2D eigenvalue weighted by Crippen LogP contribution is -2.21. The van der Waals surface area contributed by atoms with Crippen LogP contribution < -0.4 is 10.1 Å². The SMILES string of the molecule is CCCNCc1ccc(OCC(O)CO)cc1. The van der Waals surface area contributed by atoms with Crippen LogP contribution in [0.25, 0.3) is 0 Å². The van der Waals surface area contributed by atoms with E-state index in [1.165, 1.54) is 5.56 Å². The monoisotopic (exact) mass is 239 g/mol. The highest BCUT2D eigenvalue weighted by Gasteiger charge is 2.02. The molecule has 17 heavy (non-hydrogen) atoms. The highest BCUT2D eigenvalue weighted by atomic mass is 16.5. The molecule has 0 spiro atoms. The Morgan fingerprint density at radius 3 is 2.59 bits per heavy atom. The summed E-state index contributed by atoms with van der Waals surface area (Å²) in [5.41, 5.74) is 1.20. The summed E-state index contributed by atoms with van der Waals surface area (Å²) in [4.78, 5) is 0. The quantitative estimate of drug-likeness (QED) is 0.590. The fourth-order valence-electron chi connectivity index (χ4n) is 1.36.